The second-order valence-electron chi connectivity index (χ2n) is 10.1. The zero-order valence-corrected chi connectivity index (χ0v) is 39.1. The Hall–Kier alpha value is -3.16. The van der Waals surface area contributed by atoms with E-state index in [-0.39, 0.29) is 141 Å². The number of carbonyl (C=O) groups excluding carboxylic acids is 3. The number of carbonyl (C=O) groups is 3. The molecule has 0 aliphatic rings. The molecule has 0 fully saturated rings. The van der Waals surface area contributed by atoms with Crippen LogP contribution in [0.5, 0.6) is 23.3 Å². The Balaban J connectivity index is 0. The third kappa shape index (κ3) is 16.0. The van der Waals surface area contributed by atoms with Gasteiger partial charge in [-0.05, 0) is 29.8 Å². The average molecular weight is 862 g/mol. The van der Waals surface area contributed by atoms with Crippen molar-refractivity contribution in [2.75, 3.05) is 14.2 Å². The van der Waals surface area contributed by atoms with Gasteiger partial charge in [0.2, 0.25) is 11.8 Å². The number of halogens is 2. The summed E-state index contributed by atoms with van der Waals surface area (Å²) in [7, 11) is 6.68. The summed E-state index contributed by atoms with van der Waals surface area (Å²) in [5, 5.41) is 25.7. The van der Waals surface area contributed by atoms with Crippen molar-refractivity contribution >= 4 is 43.1 Å². The van der Waals surface area contributed by atoms with Gasteiger partial charge in [-0.3, -0.25) is 33.7 Å². The molecule has 0 aliphatic carbocycles. The summed E-state index contributed by atoms with van der Waals surface area (Å²) in [6, 6.07) is 14.3. The van der Waals surface area contributed by atoms with Gasteiger partial charge in [0.15, 0.2) is 12.6 Å². The second-order valence-corrected chi connectivity index (χ2v) is 10.4. The first-order valence-electron chi connectivity index (χ1n) is 15.2. The molecule has 0 atom stereocenters. The zero-order valence-electron chi connectivity index (χ0n) is 32.3. The van der Waals surface area contributed by atoms with E-state index >= 15 is 0 Å². The van der Waals surface area contributed by atoms with Crippen LogP contribution in [0.2, 0.25) is 0 Å². The molecule has 1 N–H and O–H groups in total. The van der Waals surface area contributed by atoms with Crippen molar-refractivity contribution in [1.82, 2.24) is 39.5 Å². The molecule has 0 saturated carbocycles. The van der Waals surface area contributed by atoms with Crippen LogP contribution in [-0.2, 0) is 36.3 Å². The molecule has 0 bridgehead atoms. The molecular weight excluding hydrogens is 826 g/mol. The third-order valence-electron chi connectivity index (χ3n) is 6.91. The van der Waals surface area contributed by atoms with E-state index in [1.807, 2.05) is 50.5 Å². The molecule has 0 aliphatic heterocycles. The maximum absolute atomic E-state index is 11.2. The van der Waals surface area contributed by atoms with Crippen LogP contribution in [0.25, 0.3) is 22.8 Å². The minimum atomic E-state index is -0.181. The van der Waals surface area contributed by atoms with Crippen LogP contribution in [0.1, 0.15) is 33.3 Å². The van der Waals surface area contributed by atoms with Gasteiger partial charge in [0.1, 0.15) is 18.1 Å². The summed E-state index contributed by atoms with van der Waals surface area (Å²) in [5.41, 5.74) is 6.03. The van der Waals surface area contributed by atoms with Gasteiger partial charge in [0.25, 0.3) is 6.47 Å². The molecule has 0 aromatic carbocycles. The van der Waals surface area contributed by atoms with E-state index in [9.17, 15) is 9.59 Å². The molecule has 6 heterocycles. The van der Waals surface area contributed by atoms with Crippen LogP contribution in [-0.4, -0.2) is 77.9 Å². The SMILES string of the molecule is COc1cc(C=O)c(O)cn1.COc1cc(C=O)c(OCc2cccnc2-c2ccnn2C)cn1.Cl.Cn1nccc1-c1ncccc1CCl.O=CO[O-].[H-].[K+].[K+]. The smallest absolute Gasteiger partial charge is 1.00 e. The molecule has 0 radical (unpaired) electrons. The number of aryl methyl sites for hydroxylation is 2. The number of methoxy groups -OCH3 is 2. The number of hydrogen-bond donors (Lipinski definition) is 1. The summed E-state index contributed by atoms with van der Waals surface area (Å²) in [6.07, 6.45) is 10.8. The van der Waals surface area contributed by atoms with Gasteiger partial charge in [-0.2, -0.15) is 10.2 Å². The topological polar surface area (TPSA) is 219 Å². The van der Waals surface area contributed by atoms with Gasteiger partial charge in [-0.25, -0.2) is 9.97 Å². The van der Waals surface area contributed by atoms with Gasteiger partial charge in [-0.1, -0.05) is 12.1 Å². The number of aldehydes is 2. The Morgan fingerprint density at radius 3 is 1.70 bits per heavy atom. The average Bonchev–Trinajstić information content (AvgIpc) is 3.85. The van der Waals surface area contributed by atoms with Crippen LogP contribution in [0.15, 0.2) is 85.7 Å². The first-order valence-corrected chi connectivity index (χ1v) is 15.7. The summed E-state index contributed by atoms with van der Waals surface area (Å²) < 4.78 is 19.1. The number of pyridine rings is 4. The molecule has 17 nitrogen and oxygen atoms in total. The normalized spacial score (nSPS) is 9.25. The fourth-order valence-corrected chi connectivity index (χ4v) is 4.56. The summed E-state index contributed by atoms with van der Waals surface area (Å²) in [4.78, 5) is 49.2. The first kappa shape index (κ1) is 52.8. The summed E-state index contributed by atoms with van der Waals surface area (Å²) in [6.45, 7) is 0.0726. The van der Waals surface area contributed by atoms with Crippen molar-refractivity contribution in [3.63, 3.8) is 0 Å². The van der Waals surface area contributed by atoms with Crippen LogP contribution < -0.4 is 122 Å². The van der Waals surface area contributed by atoms with Crippen LogP contribution >= 0.6 is 24.0 Å². The first-order chi connectivity index (χ1) is 25.7. The van der Waals surface area contributed by atoms with E-state index < -0.39 is 0 Å². The quantitative estimate of drug-likeness (QED) is 0.0494. The molecule has 56 heavy (non-hydrogen) atoms. The van der Waals surface area contributed by atoms with E-state index in [4.69, 9.17) is 41.0 Å². The number of alkyl halides is 1. The van der Waals surface area contributed by atoms with E-state index in [1.54, 1.807) is 34.2 Å². The Morgan fingerprint density at radius 2 is 1.25 bits per heavy atom. The zero-order chi connectivity index (χ0) is 38.6. The minimum Gasteiger partial charge on any atom is -1.00 e. The molecule has 0 spiro atoms. The molecule has 0 amide bonds. The summed E-state index contributed by atoms with van der Waals surface area (Å²) in [5.74, 6) is 1.40. The fraction of sp³-hybridized carbons (Fsp3) is 0.171. The Labute approximate surface area is 419 Å². The van der Waals surface area contributed by atoms with E-state index in [2.05, 4.69) is 35.0 Å². The Kier molecular flexibility index (Phi) is 27.5. The van der Waals surface area contributed by atoms with Gasteiger partial charge < -0.3 is 30.9 Å². The van der Waals surface area contributed by atoms with Crippen molar-refractivity contribution in [1.29, 1.82) is 0 Å². The monoisotopic (exact) mass is 860 g/mol. The Bertz CT molecular complexity index is 2100. The van der Waals surface area contributed by atoms with E-state index in [0.29, 0.717) is 41.5 Å². The number of aromatic hydroxyl groups is 1. The largest absolute Gasteiger partial charge is 1.00 e. The number of hydrogen-bond acceptors (Lipinski definition) is 15. The number of ether oxygens (including phenoxy) is 3. The number of nitrogens with zero attached hydrogens (tertiary/aromatic N) is 8. The van der Waals surface area contributed by atoms with Gasteiger partial charge >= 0.3 is 103 Å². The maximum Gasteiger partial charge on any atom is 1.00 e. The van der Waals surface area contributed by atoms with Crippen molar-refractivity contribution in [2.45, 2.75) is 12.5 Å². The molecule has 0 saturated heterocycles. The van der Waals surface area contributed by atoms with Crippen LogP contribution in [0.3, 0.4) is 0 Å². The van der Waals surface area contributed by atoms with Crippen LogP contribution in [0.4, 0.5) is 0 Å². The summed E-state index contributed by atoms with van der Waals surface area (Å²) >= 11 is 5.83. The number of rotatable bonds is 11. The number of aromatic nitrogens is 8. The Morgan fingerprint density at radius 1 is 0.768 bits per heavy atom. The molecule has 6 aromatic rings. The predicted octanol–water partition coefficient (Wildman–Crippen LogP) is -1.92. The van der Waals surface area contributed by atoms with E-state index in [1.165, 1.54) is 38.7 Å². The minimum absolute atomic E-state index is 0. The molecular formula is C35H36Cl2K2N8O9. The van der Waals surface area contributed by atoms with Crippen molar-refractivity contribution in [2.24, 2.45) is 14.1 Å². The van der Waals surface area contributed by atoms with Crippen molar-refractivity contribution < 1.29 is 148 Å². The molecule has 21 heteroatoms. The molecule has 286 valence electrons. The molecule has 6 aromatic heterocycles. The fourth-order valence-electron chi connectivity index (χ4n) is 4.34. The standard InChI is InChI=1S/C17H16N4O3.C10H10ClN3.C7H7NO3.CH2O3.ClH.2K.H/c1-21-14(5-7-20-21)17-12(4-3-6-18-17)11-24-15-9-19-16(23-2)8-13(15)10-22;1-14-9(4-6-13-14)10-8(7-11)3-2-5-12-10;1-11-7-2-5(4-9)6(10)3-8-7;2-1-4-3;;;;/h3-10H,11H2,1-2H3;2-6H,7H2,1H3;2-4,10H,1H3;1,3H;1H;;;/q;;;;;2*+1;-1/p-1. The van der Waals surface area contributed by atoms with Gasteiger partial charge in [0.05, 0.1) is 60.5 Å². The van der Waals surface area contributed by atoms with Gasteiger partial charge in [-0.15, -0.1) is 24.0 Å². The molecule has 0 unspecified atom stereocenters. The maximum atomic E-state index is 11.2. The van der Waals surface area contributed by atoms with Gasteiger partial charge in [0, 0.05) is 62.5 Å². The third-order valence-corrected chi connectivity index (χ3v) is 7.20. The second kappa shape index (κ2) is 29.1. The van der Waals surface area contributed by atoms with Crippen molar-refractivity contribution in [3.05, 3.63) is 108 Å². The van der Waals surface area contributed by atoms with E-state index in [0.717, 1.165) is 33.9 Å². The predicted molar refractivity (Wildman–Crippen MR) is 196 cm³/mol. The van der Waals surface area contributed by atoms with Crippen LogP contribution in [0, 0.1) is 0 Å². The van der Waals surface area contributed by atoms with Crippen molar-refractivity contribution in [3.8, 4) is 46.0 Å². The molecule has 6 rings (SSSR count).